The standard InChI is InChI=1S/C15H16BrN/c1-11-14(16)9-6-10-15(11)17-12(2)13-7-4-3-5-8-13/h3-10,12,17H,1-2H3. The second-order valence-corrected chi connectivity index (χ2v) is 5.04. The average Bonchev–Trinajstić information content (AvgIpc) is 2.36. The molecule has 0 aromatic heterocycles. The quantitative estimate of drug-likeness (QED) is 0.845. The van der Waals surface area contributed by atoms with E-state index in [0.717, 1.165) is 4.47 Å². The molecule has 0 spiro atoms. The minimum absolute atomic E-state index is 0.309. The van der Waals surface area contributed by atoms with Gasteiger partial charge in [-0.2, -0.15) is 0 Å². The van der Waals surface area contributed by atoms with Crippen molar-refractivity contribution in [3.05, 3.63) is 64.1 Å². The van der Waals surface area contributed by atoms with Gasteiger partial charge in [0, 0.05) is 16.2 Å². The molecule has 0 aliphatic rings. The summed E-state index contributed by atoms with van der Waals surface area (Å²) < 4.78 is 1.14. The smallest absolute Gasteiger partial charge is 0.0485 e. The molecule has 0 fully saturated rings. The van der Waals surface area contributed by atoms with Crippen LogP contribution in [0.4, 0.5) is 5.69 Å². The van der Waals surface area contributed by atoms with E-state index in [1.165, 1.54) is 16.8 Å². The molecule has 0 amide bonds. The number of anilines is 1. The molecule has 0 bridgehead atoms. The van der Waals surface area contributed by atoms with Crippen LogP contribution in [0.15, 0.2) is 53.0 Å². The predicted molar refractivity (Wildman–Crippen MR) is 77.4 cm³/mol. The lowest BCUT2D eigenvalue weighted by molar-refractivity contribution is 0.882. The van der Waals surface area contributed by atoms with Crippen LogP contribution in [-0.2, 0) is 0 Å². The number of hydrogen-bond donors (Lipinski definition) is 1. The lowest BCUT2D eigenvalue weighted by Gasteiger charge is -2.18. The first-order valence-electron chi connectivity index (χ1n) is 5.75. The maximum atomic E-state index is 3.55. The molecule has 0 aliphatic carbocycles. The first-order valence-corrected chi connectivity index (χ1v) is 6.54. The van der Waals surface area contributed by atoms with Gasteiger partial charge in [0.25, 0.3) is 0 Å². The van der Waals surface area contributed by atoms with Gasteiger partial charge in [0.2, 0.25) is 0 Å². The van der Waals surface area contributed by atoms with Gasteiger partial charge in [-0.3, -0.25) is 0 Å². The highest BCUT2D eigenvalue weighted by atomic mass is 79.9. The van der Waals surface area contributed by atoms with Crippen LogP contribution in [0, 0.1) is 6.92 Å². The highest BCUT2D eigenvalue weighted by Crippen LogP contribution is 2.26. The van der Waals surface area contributed by atoms with Crippen LogP contribution in [0.1, 0.15) is 24.1 Å². The van der Waals surface area contributed by atoms with Crippen molar-refractivity contribution < 1.29 is 0 Å². The van der Waals surface area contributed by atoms with E-state index in [1.807, 2.05) is 6.07 Å². The van der Waals surface area contributed by atoms with Gasteiger partial charge in [-0.25, -0.2) is 0 Å². The van der Waals surface area contributed by atoms with E-state index < -0.39 is 0 Å². The summed E-state index contributed by atoms with van der Waals surface area (Å²) in [5.41, 5.74) is 3.72. The Morgan fingerprint density at radius 1 is 1.00 bits per heavy atom. The molecule has 0 radical (unpaired) electrons. The molecule has 1 atom stereocenters. The third-order valence-electron chi connectivity index (χ3n) is 2.94. The van der Waals surface area contributed by atoms with E-state index in [-0.39, 0.29) is 0 Å². The van der Waals surface area contributed by atoms with Crippen molar-refractivity contribution in [2.24, 2.45) is 0 Å². The third kappa shape index (κ3) is 2.89. The second kappa shape index (κ2) is 5.37. The van der Waals surface area contributed by atoms with Crippen LogP contribution >= 0.6 is 15.9 Å². The highest BCUT2D eigenvalue weighted by molar-refractivity contribution is 9.10. The van der Waals surface area contributed by atoms with Gasteiger partial charge in [0.15, 0.2) is 0 Å². The molecule has 17 heavy (non-hydrogen) atoms. The van der Waals surface area contributed by atoms with Gasteiger partial charge in [0.05, 0.1) is 0 Å². The Kier molecular flexibility index (Phi) is 3.85. The lowest BCUT2D eigenvalue weighted by atomic mass is 10.1. The molecule has 2 rings (SSSR count). The maximum Gasteiger partial charge on any atom is 0.0485 e. The number of nitrogens with one attached hydrogen (secondary N) is 1. The second-order valence-electron chi connectivity index (χ2n) is 4.19. The van der Waals surface area contributed by atoms with Gasteiger partial charge < -0.3 is 5.32 Å². The summed E-state index contributed by atoms with van der Waals surface area (Å²) in [5.74, 6) is 0. The molecule has 1 unspecified atom stereocenters. The zero-order valence-electron chi connectivity index (χ0n) is 10.1. The average molecular weight is 290 g/mol. The first kappa shape index (κ1) is 12.2. The van der Waals surface area contributed by atoms with Crippen molar-refractivity contribution in [2.75, 3.05) is 5.32 Å². The molecule has 2 aromatic carbocycles. The molecule has 2 heteroatoms. The fourth-order valence-corrected chi connectivity index (χ4v) is 2.19. The SMILES string of the molecule is Cc1c(Br)cccc1NC(C)c1ccccc1. The maximum absolute atomic E-state index is 3.55. The zero-order chi connectivity index (χ0) is 12.3. The molecule has 1 nitrogen and oxygen atoms in total. The normalized spacial score (nSPS) is 12.2. The fourth-order valence-electron chi connectivity index (χ4n) is 1.82. The van der Waals surface area contributed by atoms with Gasteiger partial charge in [-0.15, -0.1) is 0 Å². The van der Waals surface area contributed by atoms with E-state index in [1.54, 1.807) is 0 Å². The minimum atomic E-state index is 0.309. The van der Waals surface area contributed by atoms with Crippen molar-refractivity contribution in [3.8, 4) is 0 Å². The Labute approximate surface area is 111 Å². The van der Waals surface area contributed by atoms with Crippen LogP contribution in [0.3, 0.4) is 0 Å². The Morgan fingerprint density at radius 2 is 1.71 bits per heavy atom. The fraction of sp³-hybridized carbons (Fsp3) is 0.200. The molecule has 0 saturated carbocycles. The molecule has 1 N–H and O–H groups in total. The largest absolute Gasteiger partial charge is 0.378 e. The van der Waals surface area contributed by atoms with E-state index in [4.69, 9.17) is 0 Å². The number of halogens is 1. The number of benzene rings is 2. The summed E-state index contributed by atoms with van der Waals surface area (Å²) in [5, 5.41) is 3.54. The van der Waals surface area contributed by atoms with Crippen molar-refractivity contribution in [2.45, 2.75) is 19.9 Å². The van der Waals surface area contributed by atoms with Gasteiger partial charge in [-0.05, 0) is 37.1 Å². The van der Waals surface area contributed by atoms with Crippen LogP contribution in [-0.4, -0.2) is 0 Å². The van der Waals surface area contributed by atoms with Gasteiger partial charge >= 0.3 is 0 Å². The highest BCUT2D eigenvalue weighted by Gasteiger charge is 2.07. The van der Waals surface area contributed by atoms with Crippen molar-refractivity contribution in [1.29, 1.82) is 0 Å². The Bertz CT molecular complexity index is 494. The Balaban J connectivity index is 2.19. The van der Waals surface area contributed by atoms with E-state index in [9.17, 15) is 0 Å². The molecule has 2 aromatic rings. The zero-order valence-corrected chi connectivity index (χ0v) is 11.7. The topological polar surface area (TPSA) is 12.0 Å². The third-order valence-corrected chi connectivity index (χ3v) is 3.80. The monoisotopic (exact) mass is 289 g/mol. The Morgan fingerprint density at radius 3 is 2.41 bits per heavy atom. The van der Waals surface area contributed by atoms with Gasteiger partial charge in [0.1, 0.15) is 0 Å². The summed E-state index contributed by atoms with van der Waals surface area (Å²) in [6.45, 7) is 4.29. The summed E-state index contributed by atoms with van der Waals surface area (Å²) >= 11 is 3.55. The molecule has 0 saturated heterocycles. The number of rotatable bonds is 3. The van der Waals surface area contributed by atoms with Crippen molar-refractivity contribution >= 4 is 21.6 Å². The molecule has 0 aliphatic heterocycles. The van der Waals surface area contributed by atoms with E-state index in [0.29, 0.717) is 6.04 Å². The molecular formula is C15H16BrN. The summed E-state index contributed by atoms with van der Waals surface area (Å²) in [4.78, 5) is 0. The minimum Gasteiger partial charge on any atom is -0.378 e. The van der Waals surface area contributed by atoms with Crippen LogP contribution in [0.25, 0.3) is 0 Å². The summed E-state index contributed by atoms with van der Waals surface area (Å²) in [6.07, 6.45) is 0. The molecule has 88 valence electrons. The van der Waals surface area contributed by atoms with Crippen LogP contribution in [0.2, 0.25) is 0 Å². The summed E-state index contributed by atoms with van der Waals surface area (Å²) in [7, 11) is 0. The van der Waals surface area contributed by atoms with E-state index >= 15 is 0 Å². The predicted octanol–water partition coefficient (Wildman–Crippen LogP) is 4.93. The molecule has 0 heterocycles. The van der Waals surface area contributed by atoms with E-state index in [2.05, 4.69) is 77.6 Å². The number of hydrogen-bond acceptors (Lipinski definition) is 1. The lowest BCUT2D eigenvalue weighted by Crippen LogP contribution is -2.07. The Hall–Kier alpha value is -1.28. The summed E-state index contributed by atoms with van der Waals surface area (Å²) in [6, 6.07) is 17.0. The van der Waals surface area contributed by atoms with Crippen LogP contribution in [0.5, 0.6) is 0 Å². The molecular weight excluding hydrogens is 274 g/mol. The van der Waals surface area contributed by atoms with Gasteiger partial charge in [-0.1, -0.05) is 52.3 Å². The van der Waals surface area contributed by atoms with Crippen molar-refractivity contribution in [3.63, 3.8) is 0 Å². The van der Waals surface area contributed by atoms with Crippen molar-refractivity contribution in [1.82, 2.24) is 0 Å². The first-order chi connectivity index (χ1) is 8.18. The van der Waals surface area contributed by atoms with Crippen LogP contribution < -0.4 is 5.32 Å².